The Balaban J connectivity index is 1.65. The lowest BCUT2D eigenvalue weighted by Crippen LogP contribution is -2.46. The molecular formula is C18H18ClNO2. The van der Waals surface area contributed by atoms with Crippen molar-refractivity contribution in [1.29, 1.82) is 0 Å². The summed E-state index contributed by atoms with van der Waals surface area (Å²) in [4.78, 5) is 14.4. The van der Waals surface area contributed by atoms with E-state index in [1.807, 2.05) is 23.1 Å². The van der Waals surface area contributed by atoms with E-state index in [9.17, 15) is 4.79 Å². The molecule has 1 saturated heterocycles. The van der Waals surface area contributed by atoms with Crippen LogP contribution >= 0.6 is 11.6 Å². The summed E-state index contributed by atoms with van der Waals surface area (Å²) >= 11 is 5.87. The van der Waals surface area contributed by atoms with Gasteiger partial charge in [-0.05, 0) is 29.8 Å². The highest BCUT2D eigenvalue weighted by Crippen LogP contribution is 2.16. The highest BCUT2D eigenvalue weighted by molar-refractivity contribution is 6.30. The molecular weight excluding hydrogens is 298 g/mol. The molecule has 0 aliphatic carbocycles. The Morgan fingerprint density at radius 3 is 2.59 bits per heavy atom. The molecule has 0 aromatic heterocycles. The van der Waals surface area contributed by atoms with E-state index in [0.29, 0.717) is 30.3 Å². The Labute approximate surface area is 135 Å². The van der Waals surface area contributed by atoms with Crippen molar-refractivity contribution in [2.24, 2.45) is 0 Å². The van der Waals surface area contributed by atoms with Crippen LogP contribution in [0.2, 0.25) is 5.02 Å². The Morgan fingerprint density at radius 2 is 1.86 bits per heavy atom. The predicted molar refractivity (Wildman–Crippen MR) is 87.2 cm³/mol. The van der Waals surface area contributed by atoms with E-state index in [-0.39, 0.29) is 12.0 Å². The van der Waals surface area contributed by atoms with E-state index in [1.54, 1.807) is 24.3 Å². The number of carbonyl (C=O) groups excluding carboxylic acids is 1. The Morgan fingerprint density at radius 1 is 1.14 bits per heavy atom. The van der Waals surface area contributed by atoms with Crippen LogP contribution in [-0.4, -0.2) is 36.6 Å². The maximum atomic E-state index is 12.5. The van der Waals surface area contributed by atoms with Gasteiger partial charge in [-0.1, -0.05) is 41.9 Å². The number of nitrogens with zero attached hydrogens (tertiary/aromatic N) is 1. The van der Waals surface area contributed by atoms with Crippen LogP contribution in [0.25, 0.3) is 0 Å². The van der Waals surface area contributed by atoms with Crippen molar-refractivity contribution in [3.05, 3.63) is 70.7 Å². The summed E-state index contributed by atoms with van der Waals surface area (Å²) < 4.78 is 5.80. The molecule has 0 bridgehead atoms. The van der Waals surface area contributed by atoms with Crippen molar-refractivity contribution in [3.8, 4) is 0 Å². The zero-order valence-corrected chi connectivity index (χ0v) is 13.0. The minimum atomic E-state index is 0.0398. The van der Waals surface area contributed by atoms with Crippen LogP contribution < -0.4 is 0 Å². The van der Waals surface area contributed by atoms with Crippen molar-refractivity contribution in [3.63, 3.8) is 0 Å². The van der Waals surface area contributed by atoms with Crippen LogP contribution in [0.15, 0.2) is 54.6 Å². The van der Waals surface area contributed by atoms with Gasteiger partial charge < -0.3 is 9.64 Å². The molecule has 4 heteroatoms. The number of halogens is 1. The van der Waals surface area contributed by atoms with Gasteiger partial charge in [0.05, 0.1) is 12.7 Å². The van der Waals surface area contributed by atoms with Gasteiger partial charge in [0.1, 0.15) is 0 Å². The lowest BCUT2D eigenvalue weighted by atomic mass is 10.1. The van der Waals surface area contributed by atoms with Crippen molar-refractivity contribution in [2.45, 2.75) is 12.5 Å². The fourth-order valence-electron chi connectivity index (χ4n) is 2.68. The molecule has 1 unspecified atom stereocenters. The molecule has 1 fully saturated rings. The molecule has 0 N–H and O–H groups in total. The van der Waals surface area contributed by atoms with Gasteiger partial charge in [-0.2, -0.15) is 0 Å². The van der Waals surface area contributed by atoms with Gasteiger partial charge in [0.25, 0.3) is 5.91 Å². The maximum Gasteiger partial charge on any atom is 0.254 e. The number of amides is 1. The molecule has 114 valence electrons. The Bertz CT molecular complexity index is 627. The second-order valence-corrected chi connectivity index (χ2v) is 5.88. The van der Waals surface area contributed by atoms with Crippen LogP contribution in [-0.2, 0) is 11.2 Å². The first kappa shape index (κ1) is 15.1. The third-order valence-electron chi connectivity index (χ3n) is 3.82. The molecule has 1 aliphatic heterocycles. The quantitative estimate of drug-likeness (QED) is 0.868. The van der Waals surface area contributed by atoms with Gasteiger partial charge in [0, 0.05) is 30.1 Å². The van der Waals surface area contributed by atoms with Gasteiger partial charge >= 0.3 is 0 Å². The summed E-state index contributed by atoms with van der Waals surface area (Å²) in [6, 6.07) is 17.3. The SMILES string of the molecule is O=C(c1ccc(Cl)cc1)N1CCOC(Cc2ccccc2)C1. The van der Waals surface area contributed by atoms with E-state index in [4.69, 9.17) is 16.3 Å². The van der Waals surface area contributed by atoms with Crippen LogP contribution in [0, 0.1) is 0 Å². The first-order valence-electron chi connectivity index (χ1n) is 7.43. The van der Waals surface area contributed by atoms with E-state index < -0.39 is 0 Å². The van der Waals surface area contributed by atoms with Gasteiger partial charge in [-0.3, -0.25) is 4.79 Å². The fraction of sp³-hybridized carbons (Fsp3) is 0.278. The van der Waals surface area contributed by atoms with Crippen molar-refractivity contribution < 1.29 is 9.53 Å². The Kier molecular flexibility index (Phi) is 4.76. The number of rotatable bonds is 3. The molecule has 0 saturated carbocycles. The van der Waals surface area contributed by atoms with Crippen LogP contribution in [0.5, 0.6) is 0 Å². The lowest BCUT2D eigenvalue weighted by molar-refractivity contribution is -0.0208. The zero-order chi connectivity index (χ0) is 15.4. The fourth-order valence-corrected chi connectivity index (χ4v) is 2.81. The molecule has 2 aromatic rings. The average Bonchev–Trinajstić information content (AvgIpc) is 2.56. The number of hydrogen-bond acceptors (Lipinski definition) is 2. The first-order chi connectivity index (χ1) is 10.7. The molecule has 1 heterocycles. The zero-order valence-electron chi connectivity index (χ0n) is 12.2. The molecule has 22 heavy (non-hydrogen) atoms. The van der Waals surface area contributed by atoms with Gasteiger partial charge in [-0.15, -0.1) is 0 Å². The third-order valence-corrected chi connectivity index (χ3v) is 4.08. The van der Waals surface area contributed by atoms with Crippen LogP contribution in [0.1, 0.15) is 15.9 Å². The second-order valence-electron chi connectivity index (χ2n) is 5.44. The topological polar surface area (TPSA) is 29.5 Å². The van der Waals surface area contributed by atoms with Gasteiger partial charge in [0.15, 0.2) is 0 Å². The highest BCUT2D eigenvalue weighted by atomic mass is 35.5. The summed E-state index contributed by atoms with van der Waals surface area (Å²) in [7, 11) is 0. The summed E-state index contributed by atoms with van der Waals surface area (Å²) in [5.41, 5.74) is 1.90. The molecule has 1 atom stereocenters. The van der Waals surface area contributed by atoms with E-state index >= 15 is 0 Å². The summed E-state index contributed by atoms with van der Waals surface area (Å²) in [5.74, 6) is 0.0398. The molecule has 2 aromatic carbocycles. The van der Waals surface area contributed by atoms with E-state index in [2.05, 4.69) is 12.1 Å². The maximum absolute atomic E-state index is 12.5. The third kappa shape index (κ3) is 3.67. The average molecular weight is 316 g/mol. The molecule has 3 rings (SSSR count). The molecule has 3 nitrogen and oxygen atoms in total. The normalized spacial score (nSPS) is 18.2. The Hall–Kier alpha value is -1.84. The number of hydrogen-bond donors (Lipinski definition) is 0. The van der Waals surface area contributed by atoms with Crippen molar-refractivity contribution >= 4 is 17.5 Å². The van der Waals surface area contributed by atoms with E-state index in [1.165, 1.54) is 5.56 Å². The molecule has 0 radical (unpaired) electrons. The first-order valence-corrected chi connectivity index (χ1v) is 7.80. The molecule has 1 aliphatic rings. The minimum Gasteiger partial charge on any atom is -0.374 e. The summed E-state index contributed by atoms with van der Waals surface area (Å²) in [6.45, 7) is 1.83. The van der Waals surface area contributed by atoms with Crippen LogP contribution in [0.3, 0.4) is 0 Å². The summed E-state index contributed by atoms with van der Waals surface area (Å²) in [6.07, 6.45) is 0.873. The van der Waals surface area contributed by atoms with E-state index in [0.717, 1.165) is 6.42 Å². The van der Waals surface area contributed by atoms with Crippen LogP contribution in [0.4, 0.5) is 0 Å². The second kappa shape index (κ2) is 6.95. The molecule has 1 amide bonds. The van der Waals surface area contributed by atoms with Crippen molar-refractivity contribution in [2.75, 3.05) is 19.7 Å². The van der Waals surface area contributed by atoms with Gasteiger partial charge in [-0.25, -0.2) is 0 Å². The van der Waals surface area contributed by atoms with Crippen molar-refractivity contribution in [1.82, 2.24) is 4.90 Å². The smallest absolute Gasteiger partial charge is 0.254 e. The largest absolute Gasteiger partial charge is 0.374 e. The number of morpholine rings is 1. The molecule has 0 spiro atoms. The number of ether oxygens (including phenoxy) is 1. The summed E-state index contributed by atoms with van der Waals surface area (Å²) in [5, 5.41) is 0.639. The standard InChI is InChI=1S/C18H18ClNO2/c19-16-8-6-15(7-9-16)18(21)20-10-11-22-17(13-20)12-14-4-2-1-3-5-14/h1-9,17H,10-13H2. The highest BCUT2D eigenvalue weighted by Gasteiger charge is 2.25. The predicted octanol–water partition coefficient (Wildman–Crippen LogP) is 3.42. The van der Waals surface area contributed by atoms with Gasteiger partial charge in [0.2, 0.25) is 0 Å². The number of carbonyl (C=O) groups is 1. The minimum absolute atomic E-state index is 0.0398. The lowest BCUT2D eigenvalue weighted by Gasteiger charge is -2.33. The monoisotopic (exact) mass is 315 g/mol. The number of benzene rings is 2.